The summed E-state index contributed by atoms with van der Waals surface area (Å²) in [6, 6.07) is 2.64. The van der Waals surface area contributed by atoms with Crippen LogP contribution >= 0.6 is 0 Å². The van der Waals surface area contributed by atoms with Crippen molar-refractivity contribution in [2.45, 2.75) is 30.9 Å². The molecular formula is C14H19NO7S2. The lowest BCUT2D eigenvalue weighted by Crippen LogP contribution is -2.46. The fourth-order valence-corrected chi connectivity index (χ4v) is 6.62. The van der Waals surface area contributed by atoms with Gasteiger partial charge in [0.05, 0.1) is 34.1 Å². The Morgan fingerprint density at radius 3 is 2.42 bits per heavy atom. The molecule has 1 aromatic rings. The molecule has 1 aromatic carbocycles. The maximum absolute atomic E-state index is 12.9. The van der Waals surface area contributed by atoms with Crippen LogP contribution in [0.1, 0.15) is 22.8 Å². The number of carbonyl (C=O) groups is 1. The number of carboxylic acids is 1. The topological polar surface area (TPSA) is 129 Å². The standard InChI is InChI=1S/C14H19NO7S2/c1-3-15(11-7-23(19,20)8-12(11)16)24(21,22)13-6-10(14(17)18)5-4-9(13)2/h4-6,11-12,16H,3,7-8H2,1-2H3,(H,17,18)/t11-,12-/m0/s1. The Balaban J connectivity index is 2.52. The lowest BCUT2D eigenvalue weighted by Gasteiger charge is -2.28. The van der Waals surface area contributed by atoms with Crippen LogP contribution in [0.15, 0.2) is 23.1 Å². The van der Waals surface area contributed by atoms with E-state index in [2.05, 4.69) is 0 Å². The molecule has 2 rings (SSSR count). The van der Waals surface area contributed by atoms with E-state index >= 15 is 0 Å². The van der Waals surface area contributed by atoms with Crippen LogP contribution in [0, 0.1) is 6.92 Å². The lowest BCUT2D eigenvalue weighted by atomic mass is 10.1. The second-order valence-electron chi connectivity index (χ2n) is 5.71. The highest BCUT2D eigenvalue weighted by atomic mass is 32.2. The van der Waals surface area contributed by atoms with Gasteiger partial charge in [-0.2, -0.15) is 4.31 Å². The van der Waals surface area contributed by atoms with Crippen LogP contribution in [0.25, 0.3) is 0 Å². The Labute approximate surface area is 140 Å². The second-order valence-corrected chi connectivity index (χ2v) is 9.72. The molecule has 0 unspecified atom stereocenters. The van der Waals surface area contributed by atoms with Gasteiger partial charge < -0.3 is 10.2 Å². The number of aliphatic hydroxyl groups is 1. The fourth-order valence-electron chi connectivity index (χ4n) is 2.81. The van der Waals surface area contributed by atoms with E-state index in [1.54, 1.807) is 0 Å². The van der Waals surface area contributed by atoms with Crippen LogP contribution in [0.3, 0.4) is 0 Å². The Morgan fingerprint density at radius 1 is 1.33 bits per heavy atom. The normalized spacial score (nSPS) is 23.5. The first-order valence-electron chi connectivity index (χ1n) is 7.24. The van der Waals surface area contributed by atoms with E-state index in [9.17, 15) is 26.7 Å². The third kappa shape index (κ3) is 3.46. The van der Waals surface area contributed by atoms with Gasteiger partial charge >= 0.3 is 5.97 Å². The third-order valence-corrected chi connectivity index (χ3v) is 7.84. The molecule has 2 N–H and O–H groups in total. The van der Waals surface area contributed by atoms with Crippen molar-refractivity contribution in [1.82, 2.24) is 4.31 Å². The highest BCUT2D eigenvalue weighted by Crippen LogP contribution is 2.27. The summed E-state index contributed by atoms with van der Waals surface area (Å²) in [6.07, 6.45) is -1.31. The maximum Gasteiger partial charge on any atom is 0.335 e. The number of aryl methyl sites for hydroxylation is 1. The summed E-state index contributed by atoms with van der Waals surface area (Å²) in [5.74, 6) is -2.21. The maximum atomic E-state index is 12.9. The number of carboxylic acid groups (broad SMARTS) is 1. The molecule has 24 heavy (non-hydrogen) atoms. The first-order valence-corrected chi connectivity index (χ1v) is 10.5. The van der Waals surface area contributed by atoms with Gasteiger partial charge in [-0.3, -0.25) is 0 Å². The number of hydrogen-bond donors (Lipinski definition) is 2. The van der Waals surface area contributed by atoms with Crippen LogP contribution in [-0.2, 0) is 19.9 Å². The Hall–Kier alpha value is -1.49. The number of sulfone groups is 1. The van der Waals surface area contributed by atoms with E-state index in [4.69, 9.17) is 5.11 Å². The van der Waals surface area contributed by atoms with Crippen LogP contribution < -0.4 is 0 Å². The van der Waals surface area contributed by atoms with Crippen molar-refractivity contribution in [3.8, 4) is 0 Å². The van der Waals surface area contributed by atoms with E-state index < -0.39 is 49.5 Å². The summed E-state index contributed by atoms with van der Waals surface area (Å²) in [7, 11) is -7.68. The van der Waals surface area contributed by atoms with Crippen molar-refractivity contribution in [3.63, 3.8) is 0 Å². The van der Waals surface area contributed by atoms with Crippen molar-refractivity contribution >= 4 is 25.8 Å². The fraction of sp³-hybridized carbons (Fsp3) is 0.500. The Kier molecular flexibility index (Phi) is 5.05. The first kappa shape index (κ1) is 18.8. The predicted octanol–water partition coefficient (Wildman–Crippen LogP) is -0.138. The minimum absolute atomic E-state index is 0.0453. The average molecular weight is 377 g/mol. The number of nitrogens with zero attached hydrogens (tertiary/aromatic N) is 1. The number of hydrogen-bond acceptors (Lipinski definition) is 6. The van der Waals surface area contributed by atoms with E-state index in [1.165, 1.54) is 26.0 Å². The van der Waals surface area contributed by atoms with Crippen molar-refractivity contribution in [2.24, 2.45) is 0 Å². The zero-order chi connectivity index (χ0) is 18.3. The summed E-state index contributed by atoms with van der Waals surface area (Å²) < 4.78 is 50.2. The number of aromatic carboxylic acids is 1. The average Bonchev–Trinajstić information content (AvgIpc) is 2.72. The van der Waals surface area contributed by atoms with Crippen LogP contribution in [0.2, 0.25) is 0 Å². The molecule has 0 aliphatic carbocycles. The Bertz CT molecular complexity index is 861. The van der Waals surface area contributed by atoms with Gasteiger partial charge in [0.2, 0.25) is 10.0 Å². The highest BCUT2D eigenvalue weighted by molar-refractivity contribution is 7.92. The molecule has 2 atom stereocenters. The zero-order valence-corrected chi connectivity index (χ0v) is 14.8. The molecule has 0 radical (unpaired) electrons. The first-order chi connectivity index (χ1) is 11.0. The van der Waals surface area contributed by atoms with Gasteiger partial charge in [0.25, 0.3) is 0 Å². The number of likely N-dealkylation sites (N-methyl/N-ethyl adjacent to an activating group) is 1. The van der Waals surface area contributed by atoms with Crippen LogP contribution in [0.4, 0.5) is 0 Å². The van der Waals surface area contributed by atoms with Gasteiger partial charge in [0.15, 0.2) is 9.84 Å². The van der Waals surface area contributed by atoms with Gasteiger partial charge in [-0.15, -0.1) is 0 Å². The monoisotopic (exact) mass is 377 g/mol. The van der Waals surface area contributed by atoms with Crippen LogP contribution in [0.5, 0.6) is 0 Å². The van der Waals surface area contributed by atoms with E-state index in [0.717, 1.165) is 10.4 Å². The molecule has 8 nitrogen and oxygen atoms in total. The molecule has 0 bridgehead atoms. The lowest BCUT2D eigenvalue weighted by molar-refractivity contribution is 0.0696. The number of aliphatic hydroxyl groups excluding tert-OH is 1. The molecule has 0 spiro atoms. The summed E-state index contributed by atoms with van der Waals surface area (Å²) in [5.41, 5.74) is 0.156. The van der Waals surface area contributed by atoms with Gasteiger partial charge in [0.1, 0.15) is 0 Å². The van der Waals surface area contributed by atoms with Gasteiger partial charge in [-0.25, -0.2) is 21.6 Å². The number of benzene rings is 1. The number of rotatable bonds is 5. The van der Waals surface area contributed by atoms with E-state index in [1.807, 2.05) is 0 Å². The van der Waals surface area contributed by atoms with Crippen molar-refractivity contribution in [3.05, 3.63) is 29.3 Å². The van der Waals surface area contributed by atoms with Crippen molar-refractivity contribution in [1.29, 1.82) is 0 Å². The minimum Gasteiger partial charge on any atom is -0.478 e. The van der Waals surface area contributed by atoms with Gasteiger partial charge in [0, 0.05) is 6.54 Å². The SMILES string of the molecule is CCN([C@H]1CS(=O)(=O)C[C@@H]1O)S(=O)(=O)c1cc(C(=O)O)ccc1C. The molecule has 1 aliphatic heterocycles. The smallest absolute Gasteiger partial charge is 0.335 e. The molecule has 1 saturated heterocycles. The quantitative estimate of drug-likeness (QED) is 0.731. The number of sulfonamides is 1. The van der Waals surface area contributed by atoms with Crippen molar-refractivity contribution in [2.75, 3.05) is 18.1 Å². The molecule has 0 aromatic heterocycles. The molecule has 0 saturated carbocycles. The Morgan fingerprint density at radius 2 is 1.96 bits per heavy atom. The molecule has 134 valence electrons. The van der Waals surface area contributed by atoms with Crippen molar-refractivity contribution < 1.29 is 31.8 Å². The zero-order valence-electron chi connectivity index (χ0n) is 13.2. The molecule has 1 fully saturated rings. The molecule has 1 heterocycles. The molecular weight excluding hydrogens is 358 g/mol. The molecule has 0 amide bonds. The highest BCUT2D eigenvalue weighted by Gasteiger charge is 2.44. The summed E-state index contributed by atoms with van der Waals surface area (Å²) in [5, 5.41) is 19.0. The van der Waals surface area contributed by atoms with Gasteiger partial charge in [-0.05, 0) is 24.6 Å². The summed E-state index contributed by atoms with van der Waals surface area (Å²) in [6.45, 7) is 3.01. The van der Waals surface area contributed by atoms with E-state index in [-0.39, 0.29) is 17.0 Å². The van der Waals surface area contributed by atoms with E-state index in [0.29, 0.717) is 5.56 Å². The molecule has 10 heteroatoms. The summed E-state index contributed by atoms with van der Waals surface area (Å²) >= 11 is 0. The second kappa shape index (κ2) is 6.43. The third-order valence-electron chi connectivity index (χ3n) is 4.00. The minimum atomic E-state index is -4.16. The van der Waals surface area contributed by atoms with Gasteiger partial charge in [-0.1, -0.05) is 13.0 Å². The largest absolute Gasteiger partial charge is 0.478 e. The predicted molar refractivity (Wildman–Crippen MR) is 86.2 cm³/mol. The van der Waals surface area contributed by atoms with Crippen LogP contribution in [-0.4, -0.2) is 67.5 Å². The summed E-state index contributed by atoms with van der Waals surface area (Å²) in [4.78, 5) is 10.9. The molecule has 1 aliphatic rings.